The Morgan fingerprint density at radius 3 is 2.70 bits per heavy atom. The van der Waals surface area contributed by atoms with Gasteiger partial charge in [-0.1, -0.05) is 0 Å². The van der Waals surface area contributed by atoms with Crippen LogP contribution in [-0.2, 0) is 15.7 Å². The van der Waals surface area contributed by atoms with E-state index < -0.39 is 23.7 Å². The van der Waals surface area contributed by atoms with Gasteiger partial charge in [0.1, 0.15) is 6.04 Å². The minimum atomic E-state index is -4.55. The third-order valence-electron chi connectivity index (χ3n) is 3.13. The Balaban J connectivity index is 2.39. The maximum absolute atomic E-state index is 12.8. The fraction of sp³-hybridized carbons (Fsp3) is 0.417. The average Bonchev–Trinajstić information content (AvgIpc) is 2.38. The van der Waals surface area contributed by atoms with Gasteiger partial charge in [0.25, 0.3) is 0 Å². The van der Waals surface area contributed by atoms with E-state index in [1.165, 1.54) is 17.0 Å². The van der Waals surface area contributed by atoms with Crippen LogP contribution in [0.25, 0.3) is 0 Å². The van der Waals surface area contributed by atoms with Gasteiger partial charge in [0, 0.05) is 17.9 Å². The zero-order valence-electron chi connectivity index (χ0n) is 10.5. The number of hydrogen-bond donors (Lipinski definition) is 2. The maximum atomic E-state index is 12.8. The standard InChI is InChI=1S/C12H14F3N3O2/c13-12(14,15)8-5-7(1-2-9(8)16)18-3-4-20-6-10(18)11(17)19/h1-2,5,10H,3-4,6,16H2,(H2,17,19). The fourth-order valence-electron chi connectivity index (χ4n) is 2.12. The third-order valence-corrected chi connectivity index (χ3v) is 3.13. The molecule has 110 valence electrons. The SMILES string of the molecule is NC(=O)C1COCCN1c1ccc(N)c(C(F)(F)F)c1. The van der Waals surface area contributed by atoms with E-state index in [-0.39, 0.29) is 24.5 Å². The van der Waals surface area contributed by atoms with Gasteiger partial charge in [-0.15, -0.1) is 0 Å². The largest absolute Gasteiger partial charge is 0.418 e. The minimum absolute atomic E-state index is 0.0566. The molecule has 1 amide bonds. The summed E-state index contributed by atoms with van der Waals surface area (Å²) in [5.41, 5.74) is 9.55. The van der Waals surface area contributed by atoms with Crippen molar-refractivity contribution in [3.05, 3.63) is 23.8 Å². The predicted octanol–water partition coefficient (Wildman–Crippen LogP) is 0.978. The highest BCUT2D eigenvalue weighted by Gasteiger charge is 2.35. The normalized spacial score (nSPS) is 19.9. The molecule has 4 N–H and O–H groups in total. The molecule has 8 heteroatoms. The number of nitrogen functional groups attached to an aromatic ring is 1. The van der Waals surface area contributed by atoms with Crippen molar-refractivity contribution in [2.75, 3.05) is 30.4 Å². The molecular weight excluding hydrogens is 275 g/mol. The highest BCUT2D eigenvalue weighted by molar-refractivity contribution is 5.84. The third kappa shape index (κ3) is 2.79. The Bertz CT molecular complexity index is 519. The molecule has 0 radical (unpaired) electrons. The number of alkyl halides is 3. The summed E-state index contributed by atoms with van der Waals surface area (Å²) in [7, 11) is 0. The molecule has 1 unspecified atom stereocenters. The second-order valence-electron chi connectivity index (χ2n) is 4.46. The second-order valence-corrected chi connectivity index (χ2v) is 4.46. The van der Waals surface area contributed by atoms with Crippen molar-refractivity contribution in [2.24, 2.45) is 5.73 Å². The molecule has 1 aromatic carbocycles. The lowest BCUT2D eigenvalue weighted by Gasteiger charge is -2.35. The van der Waals surface area contributed by atoms with Crippen molar-refractivity contribution in [1.82, 2.24) is 0 Å². The first-order valence-electron chi connectivity index (χ1n) is 5.91. The molecule has 1 aliphatic heterocycles. The number of morpholine rings is 1. The zero-order valence-corrected chi connectivity index (χ0v) is 10.5. The summed E-state index contributed by atoms with van der Waals surface area (Å²) in [4.78, 5) is 12.8. The van der Waals surface area contributed by atoms with Gasteiger partial charge in [0.05, 0.1) is 18.8 Å². The van der Waals surface area contributed by atoms with Gasteiger partial charge >= 0.3 is 6.18 Å². The number of amides is 1. The number of rotatable bonds is 2. The van der Waals surface area contributed by atoms with Crippen molar-refractivity contribution in [3.8, 4) is 0 Å². The van der Waals surface area contributed by atoms with Crippen molar-refractivity contribution < 1.29 is 22.7 Å². The summed E-state index contributed by atoms with van der Waals surface area (Å²) < 4.78 is 43.6. The van der Waals surface area contributed by atoms with Gasteiger partial charge in [-0.25, -0.2) is 0 Å². The molecule has 0 saturated carbocycles. The molecule has 0 spiro atoms. The van der Waals surface area contributed by atoms with E-state index in [4.69, 9.17) is 16.2 Å². The van der Waals surface area contributed by atoms with Crippen molar-refractivity contribution in [3.63, 3.8) is 0 Å². The van der Waals surface area contributed by atoms with Gasteiger partial charge in [0.2, 0.25) is 5.91 Å². The van der Waals surface area contributed by atoms with Crippen LogP contribution in [-0.4, -0.2) is 31.7 Å². The van der Waals surface area contributed by atoms with E-state index in [0.29, 0.717) is 6.61 Å². The van der Waals surface area contributed by atoms with Crippen LogP contribution in [0, 0.1) is 0 Å². The first-order chi connectivity index (χ1) is 9.30. The van der Waals surface area contributed by atoms with Crippen molar-refractivity contribution in [2.45, 2.75) is 12.2 Å². The van der Waals surface area contributed by atoms with Crippen LogP contribution in [0.1, 0.15) is 5.56 Å². The molecule has 1 heterocycles. The number of primary amides is 1. The van der Waals surface area contributed by atoms with Gasteiger partial charge in [-0.2, -0.15) is 13.2 Å². The summed E-state index contributed by atoms with van der Waals surface area (Å²) in [5.74, 6) is -0.643. The Morgan fingerprint density at radius 2 is 2.10 bits per heavy atom. The van der Waals surface area contributed by atoms with E-state index in [0.717, 1.165) is 6.07 Å². The molecule has 1 aliphatic rings. The number of nitrogens with zero attached hydrogens (tertiary/aromatic N) is 1. The molecule has 5 nitrogen and oxygen atoms in total. The lowest BCUT2D eigenvalue weighted by atomic mass is 10.1. The Kier molecular flexibility index (Phi) is 3.76. The first kappa shape index (κ1) is 14.4. The Hall–Kier alpha value is -1.96. The van der Waals surface area contributed by atoms with E-state index in [9.17, 15) is 18.0 Å². The summed E-state index contributed by atoms with van der Waals surface area (Å²) in [6.07, 6.45) is -4.55. The molecule has 0 aromatic heterocycles. The Labute approximate surface area is 113 Å². The monoisotopic (exact) mass is 289 g/mol. The number of anilines is 2. The first-order valence-corrected chi connectivity index (χ1v) is 5.91. The molecular formula is C12H14F3N3O2. The van der Waals surface area contributed by atoms with E-state index in [2.05, 4.69) is 0 Å². The molecule has 0 bridgehead atoms. The highest BCUT2D eigenvalue weighted by atomic mass is 19.4. The zero-order chi connectivity index (χ0) is 14.9. The van der Waals surface area contributed by atoms with Crippen LogP contribution < -0.4 is 16.4 Å². The average molecular weight is 289 g/mol. The number of carbonyl (C=O) groups excluding carboxylic acids is 1. The van der Waals surface area contributed by atoms with Crippen LogP contribution in [0.4, 0.5) is 24.5 Å². The number of hydrogen-bond acceptors (Lipinski definition) is 4. The molecule has 20 heavy (non-hydrogen) atoms. The Morgan fingerprint density at radius 1 is 1.40 bits per heavy atom. The van der Waals surface area contributed by atoms with E-state index in [1.807, 2.05) is 0 Å². The lowest BCUT2D eigenvalue weighted by molar-refractivity contribution is -0.136. The molecule has 1 saturated heterocycles. The van der Waals surface area contributed by atoms with Crippen LogP contribution in [0.5, 0.6) is 0 Å². The second kappa shape index (κ2) is 5.20. The minimum Gasteiger partial charge on any atom is -0.398 e. The summed E-state index contributed by atoms with van der Waals surface area (Å²) in [6, 6.07) is 2.75. The van der Waals surface area contributed by atoms with E-state index >= 15 is 0 Å². The lowest BCUT2D eigenvalue weighted by Crippen LogP contribution is -2.52. The fourth-order valence-corrected chi connectivity index (χ4v) is 2.12. The van der Waals surface area contributed by atoms with Crippen LogP contribution in [0.3, 0.4) is 0 Å². The highest BCUT2D eigenvalue weighted by Crippen LogP contribution is 2.36. The van der Waals surface area contributed by atoms with Crippen LogP contribution >= 0.6 is 0 Å². The molecule has 1 atom stereocenters. The number of nitrogens with two attached hydrogens (primary N) is 2. The molecule has 0 aliphatic carbocycles. The molecule has 2 rings (SSSR count). The number of carbonyl (C=O) groups is 1. The van der Waals surface area contributed by atoms with Gasteiger partial charge in [0.15, 0.2) is 0 Å². The maximum Gasteiger partial charge on any atom is 0.418 e. The van der Waals surface area contributed by atoms with Gasteiger partial charge in [-0.3, -0.25) is 4.79 Å². The number of ether oxygens (including phenoxy) is 1. The topological polar surface area (TPSA) is 81.6 Å². The predicted molar refractivity (Wildman–Crippen MR) is 67.0 cm³/mol. The van der Waals surface area contributed by atoms with Gasteiger partial charge < -0.3 is 21.1 Å². The smallest absolute Gasteiger partial charge is 0.398 e. The molecule has 1 fully saturated rings. The number of halogens is 3. The quantitative estimate of drug-likeness (QED) is 0.795. The van der Waals surface area contributed by atoms with Crippen molar-refractivity contribution in [1.29, 1.82) is 0 Å². The molecule has 1 aromatic rings. The summed E-state index contributed by atoms with van der Waals surface area (Å²) in [5, 5.41) is 0. The van der Waals surface area contributed by atoms with Gasteiger partial charge in [-0.05, 0) is 18.2 Å². The van der Waals surface area contributed by atoms with E-state index in [1.54, 1.807) is 0 Å². The summed E-state index contributed by atoms with van der Waals surface area (Å²) >= 11 is 0. The van der Waals surface area contributed by atoms with Crippen molar-refractivity contribution >= 4 is 17.3 Å². The van der Waals surface area contributed by atoms with Crippen LogP contribution in [0.15, 0.2) is 18.2 Å². The van der Waals surface area contributed by atoms with Crippen LogP contribution in [0.2, 0.25) is 0 Å². The summed E-state index contributed by atoms with van der Waals surface area (Å²) in [6.45, 7) is 0.658. The number of benzene rings is 1.